The van der Waals surface area contributed by atoms with E-state index in [0.717, 1.165) is 11.1 Å². The number of aryl methyl sites for hydroxylation is 1. The smallest absolute Gasteiger partial charge is 0.224 e. The van der Waals surface area contributed by atoms with Gasteiger partial charge in [-0.25, -0.2) is 9.37 Å². The molecular weight excluding hydrogens is 509 g/mol. The SMILES string of the molecule is Cn1nc(-c2nc3c(-c4ccncc4)cncc3[nH]2)c2c(F)c(-c3cncc(NC(=O)CC(C)(C)C)c3)ncc21. The van der Waals surface area contributed by atoms with Gasteiger partial charge in [0.05, 0.1) is 46.2 Å². The van der Waals surface area contributed by atoms with Crippen LogP contribution in [0.15, 0.2) is 61.6 Å². The molecule has 10 nitrogen and oxygen atoms in total. The zero-order valence-electron chi connectivity index (χ0n) is 22.4. The first-order valence-electron chi connectivity index (χ1n) is 12.7. The quantitative estimate of drug-likeness (QED) is 0.296. The lowest BCUT2D eigenvalue weighted by molar-refractivity contribution is -0.117. The summed E-state index contributed by atoms with van der Waals surface area (Å²) in [5.41, 5.74) is 4.79. The molecule has 0 spiro atoms. The predicted octanol–water partition coefficient (Wildman–Crippen LogP) is 5.54. The molecule has 0 saturated heterocycles. The molecule has 0 atom stereocenters. The van der Waals surface area contributed by atoms with Gasteiger partial charge in [-0.15, -0.1) is 0 Å². The number of anilines is 1. The molecule has 2 N–H and O–H groups in total. The van der Waals surface area contributed by atoms with Crippen molar-refractivity contribution in [3.05, 3.63) is 67.4 Å². The van der Waals surface area contributed by atoms with E-state index in [1.54, 1.807) is 48.8 Å². The largest absolute Gasteiger partial charge is 0.335 e. The number of halogens is 1. The molecular formula is C29H26FN9O. The van der Waals surface area contributed by atoms with Gasteiger partial charge >= 0.3 is 0 Å². The number of fused-ring (bicyclic) bond motifs is 2. The first-order valence-corrected chi connectivity index (χ1v) is 12.7. The number of aromatic amines is 1. The maximum absolute atomic E-state index is 16.2. The zero-order chi connectivity index (χ0) is 28.0. The molecule has 6 aromatic rings. The molecule has 200 valence electrons. The highest BCUT2D eigenvalue weighted by molar-refractivity contribution is 5.98. The van der Waals surface area contributed by atoms with Crippen molar-refractivity contribution >= 4 is 33.5 Å². The topological polar surface area (TPSA) is 127 Å². The number of imidazole rings is 1. The molecule has 40 heavy (non-hydrogen) atoms. The highest BCUT2D eigenvalue weighted by Crippen LogP contribution is 2.35. The molecule has 0 saturated carbocycles. The number of H-pyrrole nitrogens is 1. The Labute approximate surface area is 228 Å². The Kier molecular flexibility index (Phi) is 6.05. The molecule has 0 aliphatic rings. The van der Waals surface area contributed by atoms with E-state index in [0.29, 0.717) is 45.7 Å². The standard InChI is InChI=1S/C29H26FN9O/c1-29(2,3)10-22(40)35-18-9-17(11-32-12-18)25-24(30)23-21(15-34-25)39(4)38-27(23)28-36-20-14-33-13-19(26(20)37-28)16-5-7-31-8-6-16/h5-9,11-15H,10H2,1-4H3,(H,35,40)(H,36,37). The van der Waals surface area contributed by atoms with E-state index < -0.39 is 5.82 Å². The number of rotatable bonds is 5. The lowest BCUT2D eigenvalue weighted by atomic mass is 9.92. The summed E-state index contributed by atoms with van der Waals surface area (Å²) in [7, 11) is 1.73. The number of carbonyl (C=O) groups excluding carboxylic acids is 1. The van der Waals surface area contributed by atoms with Gasteiger partial charge in [0, 0.05) is 49.4 Å². The van der Waals surface area contributed by atoms with Gasteiger partial charge in [0.15, 0.2) is 11.6 Å². The molecule has 0 bridgehead atoms. The Balaban J connectivity index is 1.43. The number of pyridine rings is 4. The Bertz CT molecular complexity index is 1890. The van der Waals surface area contributed by atoms with Gasteiger partial charge in [0.25, 0.3) is 0 Å². The van der Waals surface area contributed by atoms with E-state index in [9.17, 15) is 4.79 Å². The number of aromatic nitrogens is 8. The van der Waals surface area contributed by atoms with Gasteiger partial charge < -0.3 is 10.3 Å². The Morgan fingerprint density at radius 2 is 1.77 bits per heavy atom. The number of amides is 1. The number of hydrogen-bond acceptors (Lipinski definition) is 7. The van der Waals surface area contributed by atoms with Crippen LogP contribution in [0.1, 0.15) is 27.2 Å². The third-order valence-electron chi connectivity index (χ3n) is 6.43. The minimum absolute atomic E-state index is 0.0939. The summed E-state index contributed by atoms with van der Waals surface area (Å²) in [6.07, 6.45) is 11.8. The Hall–Kier alpha value is -5.06. The van der Waals surface area contributed by atoms with Crippen LogP contribution >= 0.6 is 0 Å². The van der Waals surface area contributed by atoms with E-state index in [4.69, 9.17) is 4.98 Å². The maximum atomic E-state index is 16.2. The molecule has 1 amide bonds. The molecule has 0 radical (unpaired) electrons. The third kappa shape index (κ3) is 4.66. The van der Waals surface area contributed by atoms with E-state index in [-0.39, 0.29) is 22.4 Å². The number of hydrogen-bond donors (Lipinski definition) is 2. The lowest BCUT2D eigenvalue weighted by Gasteiger charge is -2.17. The van der Waals surface area contributed by atoms with E-state index >= 15 is 4.39 Å². The third-order valence-corrected chi connectivity index (χ3v) is 6.43. The van der Waals surface area contributed by atoms with Gasteiger partial charge in [0.1, 0.15) is 11.4 Å². The fourth-order valence-corrected chi connectivity index (χ4v) is 4.68. The van der Waals surface area contributed by atoms with Crippen molar-refractivity contribution in [2.24, 2.45) is 12.5 Å². The molecule has 11 heteroatoms. The molecule has 6 rings (SSSR count). The summed E-state index contributed by atoms with van der Waals surface area (Å²) in [4.78, 5) is 37.5. The van der Waals surface area contributed by atoms with Crippen LogP contribution in [0, 0.1) is 11.2 Å². The highest BCUT2D eigenvalue weighted by Gasteiger charge is 2.23. The summed E-state index contributed by atoms with van der Waals surface area (Å²) in [6.45, 7) is 5.96. The van der Waals surface area contributed by atoms with Crippen molar-refractivity contribution in [3.63, 3.8) is 0 Å². The van der Waals surface area contributed by atoms with Crippen LogP contribution in [0.25, 0.3) is 55.8 Å². The fourth-order valence-electron chi connectivity index (χ4n) is 4.68. The molecule has 0 aliphatic heterocycles. The zero-order valence-corrected chi connectivity index (χ0v) is 22.4. The first kappa shape index (κ1) is 25.2. The van der Waals surface area contributed by atoms with Crippen LogP contribution in [0.3, 0.4) is 0 Å². The predicted molar refractivity (Wildman–Crippen MR) is 151 cm³/mol. The lowest BCUT2D eigenvalue weighted by Crippen LogP contribution is -2.19. The summed E-state index contributed by atoms with van der Waals surface area (Å²) in [6, 6.07) is 5.42. The second kappa shape index (κ2) is 9.60. The van der Waals surface area contributed by atoms with Crippen LogP contribution in [0.2, 0.25) is 0 Å². The molecule has 6 heterocycles. The van der Waals surface area contributed by atoms with Crippen LogP contribution in [0.4, 0.5) is 10.1 Å². The van der Waals surface area contributed by atoms with Crippen molar-refractivity contribution < 1.29 is 9.18 Å². The van der Waals surface area contributed by atoms with Gasteiger partial charge in [-0.3, -0.25) is 29.4 Å². The number of carbonyl (C=O) groups is 1. The second-order valence-electron chi connectivity index (χ2n) is 10.8. The summed E-state index contributed by atoms with van der Waals surface area (Å²) < 4.78 is 17.8. The maximum Gasteiger partial charge on any atom is 0.224 e. The van der Waals surface area contributed by atoms with E-state index in [2.05, 4.69) is 35.3 Å². The van der Waals surface area contributed by atoms with E-state index in [1.165, 1.54) is 12.4 Å². The molecule has 0 aromatic carbocycles. The highest BCUT2D eigenvalue weighted by atomic mass is 19.1. The van der Waals surface area contributed by atoms with Crippen molar-refractivity contribution in [2.45, 2.75) is 27.2 Å². The molecule has 0 aliphatic carbocycles. The van der Waals surface area contributed by atoms with Crippen molar-refractivity contribution in [1.29, 1.82) is 0 Å². The molecule has 0 unspecified atom stereocenters. The number of nitrogens with zero attached hydrogens (tertiary/aromatic N) is 7. The monoisotopic (exact) mass is 535 g/mol. The molecule has 0 fully saturated rings. The van der Waals surface area contributed by atoms with Crippen LogP contribution < -0.4 is 5.32 Å². The average Bonchev–Trinajstić information content (AvgIpc) is 3.50. The summed E-state index contributed by atoms with van der Waals surface area (Å²) >= 11 is 0. The average molecular weight is 536 g/mol. The summed E-state index contributed by atoms with van der Waals surface area (Å²) in [5.74, 6) is -0.301. The van der Waals surface area contributed by atoms with Gasteiger partial charge in [0.2, 0.25) is 5.91 Å². The Morgan fingerprint density at radius 1 is 1.00 bits per heavy atom. The number of nitrogens with one attached hydrogen (secondary N) is 2. The van der Waals surface area contributed by atoms with Crippen LogP contribution in [0.5, 0.6) is 0 Å². The fraction of sp³-hybridized carbons (Fsp3) is 0.207. The first-order chi connectivity index (χ1) is 19.2. The minimum atomic E-state index is -0.562. The van der Waals surface area contributed by atoms with Gasteiger partial charge in [-0.05, 0) is 29.2 Å². The Morgan fingerprint density at radius 3 is 2.55 bits per heavy atom. The summed E-state index contributed by atoms with van der Waals surface area (Å²) in [5, 5.41) is 7.70. The minimum Gasteiger partial charge on any atom is -0.335 e. The van der Waals surface area contributed by atoms with Crippen molar-refractivity contribution in [2.75, 3.05) is 5.32 Å². The van der Waals surface area contributed by atoms with Gasteiger partial charge in [-0.2, -0.15) is 5.10 Å². The van der Waals surface area contributed by atoms with Crippen LogP contribution in [-0.2, 0) is 11.8 Å². The second-order valence-corrected chi connectivity index (χ2v) is 10.8. The normalized spacial score (nSPS) is 11.8. The van der Waals surface area contributed by atoms with Crippen molar-refractivity contribution in [1.82, 2.24) is 39.7 Å². The van der Waals surface area contributed by atoms with Crippen LogP contribution in [-0.4, -0.2) is 45.6 Å². The van der Waals surface area contributed by atoms with Crippen molar-refractivity contribution in [3.8, 4) is 33.9 Å². The van der Waals surface area contributed by atoms with E-state index in [1.807, 2.05) is 32.9 Å². The van der Waals surface area contributed by atoms with Gasteiger partial charge in [-0.1, -0.05) is 20.8 Å². The molecule has 6 aromatic heterocycles.